The van der Waals surface area contributed by atoms with E-state index in [0.29, 0.717) is 16.4 Å². The molecule has 20 heavy (non-hydrogen) atoms. The number of aromatic amines is 1. The second-order valence-corrected chi connectivity index (χ2v) is 5.97. The van der Waals surface area contributed by atoms with Gasteiger partial charge in [0.25, 0.3) is 0 Å². The average Bonchev–Trinajstić information content (AvgIpc) is 2.37. The van der Waals surface area contributed by atoms with E-state index in [0.717, 1.165) is 0 Å². The van der Waals surface area contributed by atoms with E-state index in [2.05, 4.69) is 4.98 Å². The molecule has 7 heteroatoms. The number of aromatic nitrogens is 1. The Hall–Kier alpha value is -2.38. The van der Waals surface area contributed by atoms with Crippen molar-refractivity contribution in [2.24, 2.45) is 5.14 Å². The lowest BCUT2D eigenvalue weighted by Crippen LogP contribution is -2.16. The van der Waals surface area contributed by atoms with Gasteiger partial charge in [0.05, 0.1) is 16.6 Å². The zero-order valence-electron chi connectivity index (χ0n) is 10.3. The van der Waals surface area contributed by atoms with E-state index >= 15 is 0 Å². The van der Waals surface area contributed by atoms with Crippen molar-refractivity contribution in [2.45, 2.75) is 4.90 Å². The van der Waals surface area contributed by atoms with Crippen molar-refractivity contribution in [3.63, 3.8) is 0 Å². The van der Waals surface area contributed by atoms with Crippen LogP contribution in [0.15, 0.2) is 46.1 Å². The Balaban J connectivity index is 2.59. The van der Waals surface area contributed by atoms with Gasteiger partial charge in [0.15, 0.2) is 5.43 Å². The summed E-state index contributed by atoms with van der Waals surface area (Å²) in [5.41, 5.74) is 6.50. The molecular formula is C13H11N3O3S. The first kappa shape index (κ1) is 12.6. The summed E-state index contributed by atoms with van der Waals surface area (Å²) in [6.45, 7) is 0. The maximum Gasteiger partial charge on any atom is 0.240 e. The average molecular weight is 289 g/mol. The van der Waals surface area contributed by atoms with Gasteiger partial charge in [-0.1, -0.05) is 12.1 Å². The van der Waals surface area contributed by atoms with E-state index < -0.39 is 10.0 Å². The lowest BCUT2D eigenvalue weighted by Gasteiger charge is -2.08. The van der Waals surface area contributed by atoms with Crippen LogP contribution in [0.1, 0.15) is 0 Å². The topological polar surface area (TPSA) is 119 Å². The number of primary sulfonamides is 1. The maximum atomic E-state index is 12.5. The monoisotopic (exact) mass is 289 g/mol. The van der Waals surface area contributed by atoms with Crippen LogP contribution in [0.3, 0.4) is 0 Å². The van der Waals surface area contributed by atoms with Crippen LogP contribution in [0.5, 0.6) is 0 Å². The van der Waals surface area contributed by atoms with Gasteiger partial charge in [-0.3, -0.25) is 4.79 Å². The van der Waals surface area contributed by atoms with E-state index in [4.69, 9.17) is 10.9 Å². The van der Waals surface area contributed by atoms with Crippen LogP contribution < -0.4 is 16.3 Å². The first-order valence-electron chi connectivity index (χ1n) is 5.75. The number of nitrogen functional groups attached to an aromatic ring is 1. The van der Waals surface area contributed by atoms with Crippen LogP contribution in [0.4, 0.5) is 5.69 Å². The summed E-state index contributed by atoms with van der Waals surface area (Å²) >= 11 is 0. The fraction of sp³-hybridized carbons (Fsp3) is 0. The number of fused-ring (bicyclic) bond motifs is 2. The lowest BCUT2D eigenvalue weighted by atomic mass is 10.1. The number of rotatable bonds is 1. The number of H-pyrrole nitrogens is 1. The van der Waals surface area contributed by atoms with E-state index in [1.54, 1.807) is 24.3 Å². The summed E-state index contributed by atoms with van der Waals surface area (Å²) < 4.78 is 22.9. The Kier molecular flexibility index (Phi) is 2.56. The molecule has 0 radical (unpaired) electrons. The van der Waals surface area contributed by atoms with Gasteiger partial charge in [0.1, 0.15) is 4.90 Å². The number of benzene rings is 2. The van der Waals surface area contributed by atoms with Gasteiger partial charge in [0, 0.05) is 10.9 Å². The standard InChI is InChI=1S/C13H11N3O3S/c14-12-10(20(15,18)19)6-5-9-11(12)13(17)7-3-1-2-4-8(7)16-9/h1-6H,14H2,(H,16,17)(H2,15,18,19). The van der Waals surface area contributed by atoms with Gasteiger partial charge in [-0.05, 0) is 24.3 Å². The highest BCUT2D eigenvalue weighted by atomic mass is 32.2. The van der Waals surface area contributed by atoms with Gasteiger partial charge in [-0.25, -0.2) is 13.6 Å². The van der Waals surface area contributed by atoms with Crippen LogP contribution >= 0.6 is 0 Å². The van der Waals surface area contributed by atoms with Crippen LogP contribution in [-0.4, -0.2) is 13.4 Å². The highest BCUT2D eigenvalue weighted by Crippen LogP contribution is 2.25. The van der Waals surface area contributed by atoms with Crippen molar-refractivity contribution in [3.8, 4) is 0 Å². The SMILES string of the molecule is Nc1c(S(N)(=O)=O)ccc2[nH]c3ccccc3c(=O)c12. The molecule has 0 atom stereocenters. The molecule has 6 nitrogen and oxygen atoms in total. The molecule has 0 fully saturated rings. The number of hydrogen-bond acceptors (Lipinski definition) is 4. The van der Waals surface area contributed by atoms with Crippen LogP contribution in [0.2, 0.25) is 0 Å². The van der Waals surface area contributed by atoms with Crippen molar-refractivity contribution >= 4 is 37.5 Å². The van der Waals surface area contributed by atoms with Gasteiger partial charge in [-0.15, -0.1) is 0 Å². The molecule has 1 aromatic heterocycles. The second-order valence-electron chi connectivity index (χ2n) is 4.44. The number of nitrogens with one attached hydrogen (secondary N) is 1. The maximum absolute atomic E-state index is 12.5. The van der Waals surface area contributed by atoms with Gasteiger partial charge in [0.2, 0.25) is 10.0 Å². The molecule has 0 aliphatic rings. The fourth-order valence-corrected chi connectivity index (χ4v) is 2.93. The van der Waals surface area contributed by atoms with Crippen molar-refractivity contribution in [1.29, 1.82) is 0 Å². The quantitative estimate of drug-likeness (QED) is 0.455. The Labute approximate surface area is 114 Å². The largest absolute Gasteiger partial charge is 0.397 e. The van der Waals surface area contributed by atoms with Crippen molar-refractivity contribution in [2.75, 3.05) is 5.73 Å². The summed E-state index contributed by atoms with van der Waals surface area (Å²) in [5.74, 6) is 0. The summed E-state index contributed by atoms with van der Waals surface area (Å²) in [7, 11) is -3.97. The number of hydrogen-bond donors (Lipinski definition) is 3. The molecule has 0 amide bonds. The van der Waals surface area contributed by atoms with Crippen LogP contribution in [0, 0.1) is 0 Å². The van der Waals surface area contributed by atoms with E-state index in [1.165, 1.54) is 12.1 Å². The molecule has 1 heterocycles. The Morgan fingerprint density at radius 1 is 1.00 bits per heavy atom. The predicted octanol–water partition coefficient (Wildman–Crippen LogP) is 0.911. The molecule has 5 N–H and O–H groups in total. The summed E-state index contributed by atoms with van der Waals surface area (Å²) in [6, 6.07) is 9.71. The third-order valence-corrected chi connectivity index (χ3v) is 4.15. The fourth-order valence-electron chi connectivity index (χ4n) is 2.27. The number of nitrogens with two attached hydrogens (primary N) is 2. The summed E-state index contributed by atoms with van der Waals surface area (Å²) in [6.07, 6.45) is 0. The van der Waals surface area contributed by atoms with Crippen LogP contribution in [-0.2, 0) is 10.0 Å². The minimum absolute atomic E-state index is 0.128. The first-order chi connectivity index (χ1) is 9.39. The molecule has 102 valence electrons. The molecule has 0 bridgehead atoms. The third-order valence-electron chi connectivity index (χ3n) is 3.18. The number of anilines is 1. The minimum atomic E-state index is -3.97. The number of para-hydroxylation sites is 1. The molecule has 0 saturated heterocycles. The van der Waals surface area contributed by atoms with E-state index in [-0.39, 0.29) is 21.4 Å². The summed E-state index contributed by atoms with van der Waals surface area (Å²) in [5, 5.41) is 5.67. The zero-order chi connectivity index (χ0) is 14.5. The molecule has 0 spiro atoms. The molecule has 0 unspecified atom stereocenters. The molecule has 2 aromatic carbocycles. The minimum Gasteiger partial charge on any atom is -0.397 e. The number of pyridine rings is 1. The first-order valence-corrected chi connectivity index (χ1v) is 7.30. The molecule has 0 aliphatic heterocycles. The highest BCUT2D eigenvalue weighted by molar-refractivity contribution is 7.89. The highest BCUT2D eigenvalue weighted by Gasteiger charge is 2.17. The van der Waals surface area contributed by atoms with E-state index in [1.807, 2.05) is 0 Å². The third kappa shape index (κ3) is 1.75. The van der Waals surface area contributed by atoms with Crippen LogP contribution in [0.25, 0.3) is 21.8 Å². The van der Waals surface area contributed by atoms with Gasteiger partial charge in [-0.2, -0.15) is 0 Å². The molecule has 0 saturated carbocycles. The smallest absolute Gasteiger partial charge is 0.240 e. The molecule has 0 aliphatic carbocycles. The summed E-state index contributed by atoms with van der Waals surface area (Å²) in [4.78, 5) is 15.3. The van der Waals surface area contributed by atoms with Crippen molar-refractivity contribution in [3.05, 3.63) is 46.6 Å². The molecule has 3 rings (SSSR count). The normalized spacial score (nSPS) is 12.1. The Morgan fingerprint density at radius 3 is 2.40 bits per heavy atom. The Morgan fingerprint density at radius 2 is 1.70 bits per heavy atom. The van der Waals surface area contributed by atoms with Gasteiger partial charge < -0.3 is 10.7 Å². The molecular weight excluding hydrogens is 278 g/mol. The van der Waals surface area contributed by atoms with Crippen molar-refractivity contribution < 1.29 is 8.42 Å². The second kappa shape index (κ2) is 4.06. The lowest BCUT2D eigenvalue weighted by molar-refractivity contribution is 0.598. The zero-order valence-corrected chi connectivity index (χ0v) is 11.1. The van der Waals surface area contributed by atoms with E-state index in [9.17, 15) is 13.2 Å². The molecule has 3 aromatic rings. The number of sulfonamides is 1. The van der Waals surface area contributed by atoms with Gasteiger partial charge >= 0.3 is 0 Å². The predicted molar refractivity (Wildman–Crippen MR) is 77.9 cm³/mol. The Bertz CT molecular complexity index is 1010. The van der Waals surface area contributed by atoms with Crippen molar-refractivity contribution in [1.82, 2.24) is 4.98 Å².